The van der Waals surface area contributed by atoms with Crippen molar-refractivity contribution in [3.05, 3.63) is 0 Å². The third kappa shape index (κ3) is 5.85. The highest BCUT2D eigenvalue weighted by atomic mass is 35.5. The molecule has 0 aromatic rings. The molecule has 0 saturated heterocycles. The minimum atomic E-state index is -0.468. The molecule has 4 N–H and O–H groups in total. The highest BCUT2D eigenvalue weighted by Gasteiger charge is 2.09. The number of carbonyl (C=O) groups excluding carboxylic acids is 1. The molecule has 0 spiro atoms. The summed E-state index contributed by atoms with van der Waals surface area (Å²) in [6.07, 6.45) is 0.676. The zero-order chi connectivity index (χ0) is 7.44. The Morgan fingerprint density at radius 3 is 2.00 bits per heavy atom. The summed E-state index contributed by atoms with van der Waals surface area (Å²) in [5, 5.41) is 0. The first-order valence-electron chi connectivity index (χ1n) is 3.09. The van der Waals surface area contributed by atoms with Crippen LogP contribution in [0.15, 0.2) is 0 Å². The highest BCUT2D eigenvalue weighted by molar-refractivity contribution is 5.85. The molecule has 0 aromatic carbocycles. The number of rotatable bonds is 3. The average Bonchev–Trinajstić information content (AvgIpc) is 1.63. The van der Waals surface area contributed by atoms with E-state index in [1.165, 1.54) is 0 Å². The van der Waals surface area contributed by atoms with Gasteiger partial charge in [-0.2, -0.15) is 0 Å². The molecule has 0 rings (SSSR count). The van der Waals surface area contributed by atoms with Crippen molar-refractivity contribution < 1.29 is 4.79 Å². The molecule has 3 nitrogen and oxygen atoms in total. The quantitative estimate of drug-likeness (QED) is 0.632. The van der Waals surface area contributed by atoms with Gasteiger partial charge >= 0.3 is 0 Å². The molecule has 4 heteroatoms. The van der Waals surface area contributed by atoms with Gasteiger partial charge in [-0.3, -0.25) is 4.79 Å². The van der Waals surface area contributed by atoms with Gasteiger partial charge in [-0.05, 0) is 12.3 Å². The van der Waals surface area contributed by atoms with E-state index in [4.69, 9.17) is 11.5 Å². The third-order valence-electron chi connectivity index (χ3n) is 1.09. The second-order valence-electron chi connectivity index (χ2n) is 2.64. The molecular formula is C6H15ClN2O. The van der Waals surface area contributed by atoms with Crippen LogP contribution in [-0.2, 0) is 4.79 Å². The van der Waals surface area contributed by atoms with Crippen LogP contribution < -0.4 is 11.5 Å². The first-order valence-corrected chi connectivity index (χ1v) is 3.09. The van der Waals surface area contributed by atoms with Gasteiger partial charge in [0.05, 0.1) is 6.04 Å². The molecule has 0 aromatic heterocycles. The summed E-state index contributed by atoms with van der Waals surface area (Å²) in [4.78, 5) is 10.3. The van der Waals surface area contributed by atoms with Gasteiger partial charge in [-0.1, -0.05) is 13.8 Å². The lowest BCUT2D eigenvalue weighted by atomic mass is 10.0. The molecule has 0 bridgehead atoms. The highest BCUT2D eigenvalue weighted by Crippen LogP contribution is 2.00. The Morgan fingerprint density at radius 2 is 1.90 bits per heavy atom. The van der Waals surface area contributed by atoms with Crippen LogP contribution in [0.25, 0.3) is 0 Å². The summed E-state index contributed by atoms with van der Waals surface area (Å²) in [5.74, 6) is 0.0243. The Hall–Kier alpha value is -0.280. The van der Waals surface area contributed by atoms with E-state index < -0.39 is 11.9 Å². The van der Waals surface area contributed by atoms with Crippen molar-refractivity contribution in [3.63, 3.8) is 0 Å². The first kappa shape index (κ1) is 12.4. The lowest BCUT2D eigenvalue weighted by Gasteiger charge is -2.08. The SMILES string of the molecule is CC(C)C[C@@H](N)C(N)=O.Cl. The summed E-state index contributed by atoms with van der Waals surface area (Å²) in [5.41, 5.74) is 10.3. The predicted octanol–water partition coefficient (Wildman–Crippen LogP) is 0.267. The number of hydrogen-bond acceptors (Lipinski definition) is 2. The van der Waals surface area contributed by atoms with Gasteiger partial charge in [-0.15, -0.1) is 12.4 Å². The Bertz CT molecular complexity index is 106. The largest absolute Gasteiger partial charge is 0.368 e. The molecule has 0 saturated carbocycles. The molecule has 1 atom stereocenters. The lowest BCUT2D eigenvalue weighted by Crippen LogP contribution is -2.37. The van der Waals surface area contributed by atoms with E-state index in [1.54, 1.807) is 0 Å². The van der Waals surface area contributed by atoms with Crippen LogP contribution in [0.1, 0.15) is 20.3 Å². The van der Waals surface area contributed by atoms with Crippen molar-refractivity contribution in [1.82, 2.24) is 0 Å². The van der Waals surface area contributed by atoms with Crippen LogP contribution >= 0.6 is 12.4 Å². The summed E-state index contributed by atoms with van der Waals surface area (Å²) in [7, 11) is 0. The molecule has 10 heavy (non-hydrogen) atoms. The van der Waals surface area contributed by atoms with Crippen LogP contribution in [0.3, 0.4) is 0 Å². The molecule has 0 aliphatic rings. The van der Waals surface area contributed by atoms with Crippen LogP contribution in [0.2, 0.25) is 0 Å². The van der Waals surface area contributed by atoms with Crippen molar-refractivity contribution in [3.8, 4) is 0 Å². The fraction of sp³-hybridized carbons (Fsp3) is 0.833. The molecule has 0 heterocycles. The second kappa shape index (κ2) is 5.50. The summed E-state index contributed by atoms with van der Waals surface area (Å²) in [6, 6.07) is -0.468. The van der Waals surface area contributed by atoms with E-state index in [9.17, 15) is 4.79 Å². The van der Waals surface area contributed by atoms with Gasteiger partial charge in [0.15, 0.2) is 0 Å². The van der Waals surface area contributed by atoms with E-state index in [1.807, 2.05) is 13.8 Å². The lowest BCUT2D eigenvalue weighted by molar-refractivity contribution is -0.119. The van der Waals surface area contributed by atoms with E-state index in [0.29, 0.717) is 12.3 Å². The number of amides is 1. The standard InChI is InChI=1S/C6H14N2O.ClH/c1-4(2)3-5(7)6(8)9;/h4-5H,3,7H2,1-2H3,(H2,8,9);1H/t5-;/m1./s1. The van der Waals surface area contributed by atoms with E-state index in [-0.39, 0.29) is 12.4 Å². The summed E-state index contributed by atoms with van der Waals surface area (Å²) >= 11 is 0. The number of carbonyl (C=O) groups is 1. The fourth-order valence-electron chi connectivity index (χ4n) is 0.624. The molecule has 0 aliphatic heterocycles. The molecule has 0 unspecified atom stereocenters. The Labute approximate surface area is 67.6 Å². The predicted molar refractivity (Wildman–Crippen MR) is 43.9 cm³/mol. The van der Waals surface area contributed by atoms with E-state index in [0.717, 1.165) is 0 Å². The van der Waals surface area contributed by atoms with Crippen molar-refractivity contribution in [1.29, 1.82) is 0 Å². The number of hydrogen-bond donors (Lipinski definition) is 2. The van der Waals surface area contributed by atoms with Crippen molar-refractivity contribution in [2.24, 2.45) is 17.4 Å². The van der Waals surface area contributed by atoms with Crippen LogP contribution in [-0.4, -0.2) is 11.9 Å². The third-order valence-corrected chi connectivity index (χ3v) is 1.09. The number of primary amides is 1. The molecule has 1 amide bonds. The van der Waals surface area contributed by atoms with Crippen molar-refractivity contribution in [2.45, 2.75) is 26.3 Å². The minimum absolute atomic E-state index is 0. The molecule has 0 fully saturated rings. The van der Waals surface area contributed by atoms with Gasteiger partial charge in [-0.25, -0.2) is 0 Å². The van der Waals surface area contributed by atoms with E-state index >= 15 is 0 Å². The maximum atomic E-state index is 10.3. The Balaban J connectivity index is 0. The molecule has 0 aliphatic carbocycles. The normalized spacial score (nSPS) is 12.4. The van der Waals surface area contributed by atoms with Crippen molar-refractivity contribution >= 4 is 18.3 Å². The smallest absolute Gasteiger partial charge is 0.234 e. The summed E-state index contributed by atoms with van der Waals surface area (Å²) < 4.78 is 0. The first-order chi connectivity index (χ1) is 4.04. The van der Waals surface area contributed by atoms with Gasteiger partial charge in [0.2, 0.25) is 5.91 Å². The van der Waals surface area contributed by atoms with Gasteiger partial charge < -0.3 is 11.5 Å². The maximum Gasteiger partial charge on any atom is 0.234 e. The van der Waals surface area contributed by atoms with Gasteiger partial charge in [0.1, 0.15) is 0 Å². The Morgan fingerprint density at radius 1 is 1.50 bits per heavy atom. The van der Waals surface area contributed by atoms with Gasteiger partial charge in [0.25, 0.3) is 0 Å². The fourth-order valence-corrected chi connectivity index (χ4v) is 0.624. The van der Waals surface area contributed by atoms with Crippen LogP contribution in [0.5, 0.6) is 0 Å². The van der Waals surface area contributed by atoms with Crippen LogP contribution in [0, 0.1) is 5.92 Å². The van der Waals surface area contributed by atoms with Crippen molar-refractivity contribution in [2.75, 3.05) is 0 Å². The molecular weight excluding hydrogens is 152 g/mol. The minimum Gasteiger partial charge on any atom is -0.368 e. The van der Waals surface area contributed by atoms with Gasteiger partial charge in [0, 0.05) is 0 Å². The Kier molecular flexibility index (Phi) is 6.82. The molecule has 0 radical (unpaired) electrons. The zero-order valence-corrected chi connectivity index (χ0v) is 7.15. The maximum absolute atomic E-state index is 10.3. The summed E-state index contributed by atoms with van der Waals surface area (Å²) in [6.45, 7) is 4.01. The number of halogens is 1. The number of nitrogens with two attached hydrogens (primary N) is 2. The molecule has 62 valence electrons. The zero-order valence-electron chi connectivity index (χ0n) is 6.33. The van der Waals surface area contributed by atoms with E-state index in [2.05, 4.69) is 0 Å². The second-order valence-corrected chi connectivity index (χ2v) is 2.64. The monoisotopic (exact) mass is 166 g/mol. The average molecular weight is 167 g/mol. The van der Waals surface area contributed by atoms with Crippen LogP contribution in [0.4, 0.5) is 0 Å². The topological polar surface area (TPSA) is 69.1 Å².